The Kier molecular flexibility index (Phi) is 1.64. The van der Waals surface area contributed by atoms with Crippen molar-refractivity contribution < 1.29 is 9.90 Å². The van der Waals surface area contributed by atoms with E-state index in [0.717, 1.165) is 19.4 Å². The molecule has 2 heterocycles. The van der Waals surface area contributed by atoms with Gasteiger partial charge in [0.25, 0.3) is 0 Å². The first-order chi connectivity index (χ1) is 5.79. The van der Waals surface area contributed by atoms with Crippen molar-refractivity contribution in [1.82, 2.24) is 4.90 Å². The first-order valence-electron chi connectivity index (χ1n) is 4.16. The molecular formula is C9H11NO2. The lowest BCUT2D eigenvalue weighted by molar-refractivity contribution is -0.140. The lowest BCUT2D eigenvalue weighted by atomic mass is 10.1. The van der Waals surface area contributed by atoms with Crippen molar-refractivity contribution in [3.05, 3.63) is 23.9 Å². The van der Waals surface area contributed by atoms with Crippen LogP contribution in [0.1, 0.15) is 12.8 Å². The van der Waals surface area contributed by atoms with Crippen LogP contribution in [-0.4, -0.2) is 28.6 Å². The number of nitrogens with zero attached hydrogens (tertiary/aromatic N) is 1. The summed E-state index contributed by atoms with van der Waals surface area (Å²) in [5, 5.41) is 8.87. The molecule has 1 saturated heterocycles. The Morgan fingerprint density at radius 1 is 1.67 bits per heavy atom. The van der Waals surface area contributed by atoms with E-state index in [0.29, 0.717) is 0 Å². The number of rotatable bonds is 1. The van der Waals surface area contributed by atoms with E-state index in [4.69, 9.17) is 5.11 Å². The van der Waals surface area contributed by atoms with Gasteiger partial charge in [0.05, 0.1) is 0 Å². The number of carboxylic acids is 1. The van der Waals surface area contributed by atoms with Crippen molar-refractivity contribution in [3.8, 4) is 0 Å². The van der Waals surface area contributed by atoms with Gasteiger partial charge in [-0.05, 0) is 18.9 Å². The summed E-state index contributed by atoms with van der Waals surface area (Å²) in [7, 11) is 0. The van der Waals surface area contributed by atoms with E-state index >= 15 is 0 Å². The van der Waals surface area contributed by atoms with Crippen molar-refractivity contribution >= 4 is 5.97 Å². The second-order valence-electron chi connectivity index (χ2n) is 3.12. The highest BCUT2D eigenvalue weighted by atomic mass is 16.4. The van der Waals surface area contributed by atoms with Crippen molar-refractivity contribution in [2.75, 3.05) is 6.54 Å². The van der Waals surface area contributed by atoms with E-state index in [1.165, 1.54) is 5.70 Å². The molecule has 0 spiro atoms. The molecule has 64 valence electrons. The summed E-state index contributed by atoms with van der Waals surface area (Å²) in [5.41, 5.74) is 1.17. The Morgan fingerprint density at radius 3 is 3.25 bits per heavy atom. The third kappa shape index (κ3) is 1.02. The second-order valence-corrected chi connectivity index (χ2v) is 3.12. The van der Waals surface area contributed by atoms with Gasteiger partial charge in [-0.2, -0.15) is 0 Å². The standard InChI is InChI=1S/C9H11NO2/c11-9(12)8-5-1-3-7-4-2-6-10(7)8/h1,3,5,8H,2,4,6H2,(H,11,12). The largest absolute Gasteiger partial charge is 0.479 e. The minimum atomic E-state index is -0.751. The monoisotopic (exact) mass is 165 g/mol. The summed E-state index contributed by atoms with van der Waals surface area (Å²) >= 11 is 0. The Labute approximate surface area is 71.0 Å². The zero-order chi connectivity index (χ0) is 8.55. The summed E-state index contributed by atoms with van der Waals surface area (Å²) in [4.78, 5) is 12.7. The minimum Gasteiger partial charge on any atom is -0.479 e. The molecule has 0 bridgehead atoms. The number of fused-ring (bicyclic) bond motifs is 1. The Balaban J connectivity index is 2.24. The van der Waals surface area contributed by atoms with Gasteiger partial charge in [0.15, 0.2) is 0 Å². The van der Waals surface area contributed by atoms with Crippen LogP contribution in [0.4, 0.5) is 0 Å². The predicted molar refractivity (Wildman–Crippen MR) is 44.6 cm³/mol. The molecule has 0 amide bonds. The fourth-order valence-corrected chi connectivity index (χ4v) is 1.81. The zero-order valence-corrected chi connectivity index (χ0v) is 6.73. The van der Waals surface area contributed by atoms with Crippen LogP contribution in [-0.2, 0) is 4.79 Å². The van der Waals surface area contributed by atoms with Gasteiger partial charge in [-0.15, -0.1) is 0 Å². The van der Waals surface area contributed by atoms with Gasteiger partial charge in [-0.3, -0.25) is 0 Å². The molecular weight excluding hydrogens is 154 g/mol. The van der Waals surface area contributed by atoms with Crippen LogP contribution in [0.15, 0.2) is 23.9 Å². The molecule has 2 rings (SSSR count). The summed E-state index contributed by atoms with van der Waals surface area (Å²) in [6, 6.07) is -0.424. The van der Waals surface area contributed by atoms with Crippen LogP contribution < -0.4 is 0 Å². The number of allylic oxidation sites excluding steroid dienone is 3. The highest BCUT2D eigenvalue weighted by molar-refractivity contribution is 5.76. The molecule has 2 aliphatic heterocycles. The fraction of sp³-hybridized carbons (Fsp3) is 0.444. The molecule has 0 saturated carbocycles. The summed E-state index contributed by atoms with van der Waals surface area (Å²) < 4.78 is 0. The molecule has 3 nitrogen and oxygen atoms in total. The quantitative estimate of drug-likeness (QED) is 0.629. The molecule has 1 atom stereocenters. The van der Waals surface area contributed by atoms with Gasteiger partial charge in [-0.25, -0.2) is 4.79 Å². The van der Waals surface area contributed by atoms with E-state index < -0.39 is 12.0 Å². The maximum Gasteiger partial charge on any atom is 0.330 e. The van der Waals surface area contributed by atoms with Gasteiger partial charge < -0.3 is 10.0 Å². The number of carbonyl (C=O) groups is 1. The van der Waals surface area contributed by atoms with E-state index in [1.807, 2.05) is 17.1 Å². The second kappa shape index (κ2) is 2.66. The summed E-state index contributed by atoms with van der Waals surface area (Å²) in [6.45, 7) is 0.882. The number of hydrogen-bond acceptors (Lipinski definition) is 2. The first kappa shape index (κ1) is 7.40. The van der Waals surface area contributed by atoms with Crippen molar-refractivity contribution in [3.63, 3.8) is 0 Å². The Hall–Kier alpha value is -1.25. The van der Waals surface area contributed by atoms with Gasteiger partial charge in [-0.1, -0.05) is 12.2 Å². The highest BCUT2D eigenvalue weighted by Gasteiger charge is 2.29. The maximum absolute atomic E-state index is 10.8. The average molecular weight is 165 g/mol. The van der Waals surface area contributed by atoms with E-state index in [2.05, 4.69) is 0 Å². The van der Waals surface area contributed by atoms with E-state index in [-0.39, 0.29) is 0 Å². The summed E-state index contributed by atoms with van der Waals surface area (Å²) in [5.74, 6) is -0.751. The van der Waals surface area contributed by atoms with Crippen molar-refractivity contribution in [2.24, 2.45) is 0 Å². The summed E-state index contributed by atoms with van der Waals surface area (Å²) in [6.07, 6.45) is 7.69. The zero-order valence-electron chi connectivity index (χ0n) is 6.73. The van der Waals surface area contributed by atoms with E-state index in [9.17, 15) is 4.79 Å². The lowest BCUT2D eigenvalue weighted by Gasteiger charge is -2.27. The van der Waals surface area contributed by atoms with E-state index in [1.54, 1.807) is 6.08 Å². The lowest BCUT2D eigenvalue weighted by Crippen LogP contribution is -2.37. The Morgan fingerprint density at radius 2 is 2.50 bits per heavy atom. The average Bonchev–Trinajstić information content (AvgIpc) is 2.49. The van der Waals surface area contributed by atoms with Crippen LogP contribution in [0.5, 0.6) is 0 Å². The van der Waals surface area contributed by atoms with Crippen molar-refractivity contribution in [1.29, 1.82) is 0 Å². The molecule has 3 heteroatoms. The first-order valence-corrected chi connectivity index (χ1v) is 4.16. The van der Waals surface area contributed by atoms with Gasteiger partial charge in [0.1, 0.15) is 6.04 Å². The molecule has 12 heavy (non-hydrogen) atoms. The number of aliphatic carboxylic acids is 1. The molecule has 2 aliphatic rings. The van der Waals surface area contributed by atoms with Gasteiger partial charge in [0, 0.05) is 12.2 Å². The fourth-order valence-electron chi connectivity index (χ4n) is 1.81. The van der Waals surface area contributed by atoms with Crippen LogP contribution in [0.25, 0.3) is 0 Å². The van der Waals surface area contributed by atoms with Gasteiger partial charge in [0.2, 0.25) is 0 Å². The normalized spacial score (nSPS) is 26.8. The van der Waals surface area contributed by atoms with Gasteiger partial charge >= 0.3 is 5.97 Å². The van der Waals surface area contributed by atoms with Crippen molar-refractivity contribution in [2.45, 2.75) is 18.9 Å². The molecule has 1 unspecified atom stereocenters. The highest BCUT2D eigenvalue weighted by Crippen LogP contribution is 2.26. The number of carboxylic acid groups (broad SMARTS) is 1. The smallest absolute Gasteiger partial charge is 0.330 e. The predicted octanol–water partition coefficient (Wildman–Crippen LogP) is 0.989. The third-order valence-corrected chi connectivity index (χ3v) is 2.37. The molecule has 0 aromatic heterocycles. The van der Waals surface area contributed by atoms with Crippen LogP contribution in [0, 0.1) is 0 Å². The molecule has 1 fully saturated rings. The van der Waals surface area contributed by atoms with Crippen LogP contribution in [0.3, 0.4) is 0 Å². The molecule has 0 aromatic rings. The topological polar surface area (TPSA) is 40.5 Å². The Bertz CT molecular complexity index is 268. The molecule has 0 radical (unpaired) electrons. The minimum absolute atomic E-state index is 0.424. The molecule has 0 aliphatic carbocycles. The van der Waals surface area contributed by atoms with Crippen LogP contribution >= 0.6 is 0 Å². The molecule has 0 aromatic carbocycles. The van der Waals surface area contributed by atoms with Crippen LogP contribution in [0.2, 0.25) is 0 Å². The SMILES string of the molecule is O=C(O)C1C=CC=C2CCCN21. The third-order valence-electron chi connectivity index (χ3n) is 2.37. The number of hydrogen-bond donors (Lipinski definition) is 1. The maximum atomic E-state index is 10.8. The molecule has 1 N–H and O–H groups in total.